The first-order valence-corrected chi connectivity index (χ1v) is 12.0. The average Bonchev–Trinajstić information content (AvgIpc) is 2.77. The Bertz CT molecular complexity index is 808. The SMILES string of the molecule is CC[C@H]1C#CC[C@H](Cc2ccc(O)c(OC3CCNCC3)c2)[C@@H](OC(C)=O)C[C@@H](O)CC1. The molecule has 0 amide bonds. The van der Waals surface area contributed by atoms with Gasteiger partial charge >= 0.3 is 5.97 Å². The van der Waals surface area contributed by atoms with Gasteiger partial charge in [-0.15, -0.1) is 5.92 Å². The third kappa shape index (κ3) is 7.43. The molecular weight excluding hydrogens is 406 g/mol. The largest absolute Gasteiger partial charge is 0.504 e. The summed E-state index contributed by atoms with van der Waals surface area (Å²) in [5.41, 5.74) is 0.995. The van der Waals surface area contributed by atoms with Crippen LogP contribution < -0.4 is 10.1 Å². The zero-order chi connectivity index (χ0) is 22.9. The van der Waals surface area contributed by atoms with E-state index in [9.17, 15) is 15.0 Å². The van der Waals surface area contributed by atoms with Gasteiger partial charge in [-0.2, -0.15) is 0 Å². The van der Waals surface area contributed by atoms with E-state index in [1.54, 1.807) is 6.07 Å². The van der Waals surface area contributed by atoms with Crippen LogP contribution >= 0.6 is 0 Å². The third-order valence-corrected chi connectivity index (χ3v) is 6.46. The van der Waals surface area contributed by atoms with Gasteiger partial charge in [0, 0.05) is 31.6 Å². The predicted molar refractivity (Wildman–Crippen MR) is 123 cm³/mol. The molecule has 32 heavy (non-hydrogen) atoms. The Morgan fingerprint density at radius 2 is 2.00 bits per heavy atom. The van der Waals surface area contributed by atoms with Crippen molar-refractivity contribution in [2.24, 2.45) is 11.8 Å². The van der Waals surface area contributed by atoms with E-state index in [2.05, 4.69) is 24.1 Å². The molecule has 176 valence electrons. The number of esters is 1. The summed E-state index contributed by atoms with van der Waals surface area (Å²) in [7, 11) is 0. The van der Waals surface area contributed by atoms with Crippen LogP contribution in [-0.2, 0) is 16.0 Å². The lowest BCUT2D eigenvalue weighted by molar-refractivity contribution is -0.150. The highest BCUT2D eigenvalue weighted by Crippen LogP contribution is 2.32. The number of hydrogen-bond donors (Lipinski definition) is 3. The Balaban J connectivity index is 1.80. The minimum absolute atomic E-state index is 0.0482. The van der Waals surface area contributed by atoms with Gasteiger partial charge in [0.2, 0.25) is 0 Å². The van der Waals surface area contributed by atoms with Crippen molar-refractivity contribution in [3.05, 3.63) is 23.8 Å². The maximum atomic E-state index is 11.8. The third-order valence-electron chi connectivity index (χ3n) is 6.46. The minimum atomic E-state index is -0.519. The molecule has 0 bridgehead atoms. The summed E-state index contributed by atoms with van der Waals surface area (Å²) in [4.78, 5) is 11.8. The molecule has 1 aromatic rings. The maximum absolute atomic E-state index is 11.8. The summed E-state index contributed by atoms with van der Waals surface area (Å²) in [5, 5.41) is 24.2. The highest BCUT2D eigenvalue weighted by molar-refractivity contribution is 5.66. The summed E-state index contributed by atoms with van der Waals surface area (Å²) < 4.78 is 11.7. The van der Waals surface area contributed by atoms with Crippen molar-refractivity contribution >= 4 is 5.97 Å². The van der Waals surface area contributed by atoms with Crippen LogP contribution in [0.15, 0.2) is 18.2 Å². The first-order valence-electron chi connectivity index (χ1n) is 12.0. The summed E-state index contributed by atoms with van der Waals surface area (Å²) in [5.74, 6) is 7.20. The van der Waals surface area contributed by atoms with Gasteiger partial charge in [0.1, 0.15) is 12.2 Å². The monoisotopic (exact) mass is 443 g/mol. The van der Waals surface area contributed by atoms with Crippen LogP contribution in [-0.4, -0.2) is 47.6 Å². The van der Waals surface area contributed by atoms with Gasteiger partial charge in [0.15, 0.2) is 11.5 Å². The van der Waals surface area contributed by atoms with E-state index in [1.807, 2.05) is 12.1 Å². The zero-order valence-electron chi connectivity index (χ0n) is 19.3. The molecule has 4 atom stereocenters. The van der Waals surface area contributed by atoms with Crippen molar-refractivity contribution in [1.82, 2.24) is 5.32 Å². The van der Waals surface area contributed by atoms with Gasteiger partial charge in [0.25, 0.3) is 0 Å². The van der Waals surface area contributed by atoms with Crippen LogP contribution in [0.4, 0.5) is 0 Å². The molecule has 0 unspecified atom stereocenters. The normalized spacial score (nSPS) is 27.1. The van der Waals surface area contributed by atoms with Crippen LogP contribution in [0.2, 0.25) is 0 Å². The Hall–Kier alpha value is -2.23. The average molecular weight is 444 g/mol. The number of aromatic hydroxyl groups is 1. The van der Waals surface area contributed by atoms with Crippen molar-refractivity contribution in [1.29, 1.82) is 0 Å². The number of carbonyl (C=O) groups is 1. The molecule has 0 spiro atoms. The quantitative estimate of drug-likeness (QED) is 0.460. The van der Waals surface area contributed by atoms with E-state index in [1.165, 1.54) is 6.92 Å². The Kier molecular flexibility index (Phi) is 9.25. The molecular formula is C26H37NO5. The lowest BCUT2D eigenvalue weighted by atomic mass is 9.85. The fourth-order valence-corrected chi connectivity index (χ4v) is 4.55. The molecule has 1 fully saturated rings. The molecule has 0 saturated carbocycles. The standard InChI is InChI=1S/C26H37NO5/c1-3-19-5-4-6-21(25(31-18(2)28)17-22(29)9-7-19)15-20-8-10-24(30)26(16-20)32-23-11-13-27-14-12-23/h8,10,16,19,21-23,25,27,29-30H,3,6-7,9,11-15,17H2,1-2H3/t19-,21+,22-,25-/m0/s1. The van der Waals surface area contributed by atoms with Gasteiger partial charge < -0.3 is 25.0 Å². The smallest absolute Gasteiger partial charge is 0.302 e. The molecule has 1 heterocycles. The second-order valence-corrected chi connectivity index (χ2v) is 9.08. The topological polar surface area (TPSA) is 88.0 Å². The molecule has 6 nitrogen and oxygen atoms in total. The highest BCUT2D eigenvalue weighted by atomic mass is 16.5. The number of ether oxygens (including phenoxy) is 2. The molecule has 3 N–H and O–H groups in total. The molecule has 1 aliphatic heterocycles. The van der Waals surface area contributed by atoms with Crippen LogP contribution in [0.1, 0.15) is 64.4 Å². The van der Waals surface area contributed by atoms with Crippen molar-refractivity contribution in [2.45, 2.75) is 83.5 Å². The fourth-order valence-electron chi connectivity index (χ4n) is 4.55. The number of carbonyl (C=O) groups excluding carboxylic acids is 1. The molecule has 3 rings (SSSR count). The van der Waals surface area contributed by atoms with E-state index < -0.39 is 12.2 Å². The minimum Gasteiger partial charge on any atom is -0.504 e. The summed E-state index contributed by atoms with van der Waals surface area (Å²) in [6.45, 7) is 5.36. The van der Waals surface area contributed by atoms with Crippen LogP contribution in [0.5, 0.6) is 11.5 Å². The second-order valence-electron chi connectivity index (χ2n) is 9.08. The van der Waals surface area contributed by atoms with E-state index in [-0.39, 0.29) is 29.7 Å². The van der Waals surface area contributed by atoms with Crippen LogP contribution in [0.3, 0.4) is 0 Å². The molecule has 1 aromatic carbocycles. The predicted octanol–water partition coefficient (Wildman–Crippen LogP) is 3.58. The Morgan fingerprint density at radius 1 is 1.22 bits per heavy atom. The number of piperidine rings is 1. The second kappa shape index (κ2) is 12.1. The van der Waals surface area contributed by atoms with Crippen LogP contribution in [0, 0.1) is 23.7 Å². The number of phenolic OH excluding ortho intramolecular Hbond substituents is 1. The Morgan fingerprint density at radius 3 is 2.72 bits per heavy atom. The molecule has 1 aliphatic carbocycles. The maximum Gasteiger partial charge on any atom is 0.302 e. The number of hydrogen-bond acceptors (Lipinski definition) is 6. The Labute approximate surface area is 191 Å². The number of aliphatic hydroxyl groups is 1. The molecule has 1 saturated heterocycles. The van der Waals surface area contributed by atoms with Gasteiger partial charge in [-0.25, -0.2) is 0 Å². The number of phenols is 1. The molecule has 0 aromatic heterocycles. The number of rotatable bonds is 6. The van der Waals surface area contributed by atoms with Crippen molar-refractivity contribution in [3.63, 3.8) is 0 Å². The van der Waals surface area contributed by atoms with Crippen LogP contribution in [0.25, 0.3) is 0 Å². The lowest BCUT2D eigenvalue weighted by Crippen LogP contribution is -2.34. The van der Waals surface area contributed by atoms with Gasteiger partial charge in [-0.05, 0) is 69.3 Å². The van der Waals surface area contributed by atoms with Gasteiger partial charge in [-0.1, -0.05) is 18.9 Å². The van der Waals surface area contributed by atoms with E-state index in [4.69, 9.17) is 9.47 Å². The zero-order valence-corrected chi connectivity index (χ0v) is 19.3. The molecule has 6 heteroatoms. The number of aliphatic hydroxyl groups excluding tert-OH is 1. The summed E-state index contributed by atoms with van der Waals surface area (Å²) in [6.07, 6.45) is 5.10. The first-order chi connectivity index (χ1) is 15.4. The van der Waals surface area contributed by atoms with E-state index in [0.29, 0.717) is 31.4 Å². The fraction of sp³-hybridized carbons (Fsp3) is 0.654. The summed E-state index contributed by atoms with van der Waals surface area (Å²) >= 11 is 0. The van der Waals surface area contributed by atoms with Crippen molar-refractivity contribution in [2.75, 3.05) is 13.1 Å². The summed E-state index contributed by atoms with van der Waals surface area (Å²) in [6, 6.07) is 5.44. The van der Waals surface area contributed by atoms with Crippen molar-refractivity contribution in [3.8, 4) is 23.3 Å². The number of nitrogens with one attached hydrogen (secondary N) is 1. The molecule has 0 radical (unpaired) electrons. The lowest BCUT2D eigenvalue weighted by Gasteiger charge is -2.29. The number of benzene rings is 1. The van der Waals surface area contributed by atoms with E-state index >= 15 is 0 Å². The molecule has 2 aliphatic rings. The van der Waals surface area contributed by atoms with E-state index in [0.717, 1.165) is 44.3 Å². The van der Waals surface area contributed by atoms with Gasteiger partial charge in [0.05, 0.1) is 6.10 Å². The first kappa shape index (κ1) is 24.4. The van der Waals surface area contributed by atoms with Gasteiger partial charge in [-0.3, -0.25) is 4.79 Å². The highest BCUT2D eigenvalue weighted by Gasteiger charge is 2.28. The van der Waals surface area contributed by atoms with Crippen molar-refractivity contribution < 1.29 is 24.5 Å².